The van der Waals surface area contributed by atoms with E-state index in [-0.39, 0.29) is 116 Å². The molecule has 6 aromatic rings. The number of nitrogens with one attached hydrogen (secondary N) is 1. The maximum Gasteiger partial charge on any atom is 0.300 e. The van der Waals surface area contributed by atoms with Gasteiger partial charge in [-0.05, 0) is 66.0 Å². The van der Waals surface area contributed by atoms with E-state index in [0.29, 0.717) is 0 Å². The lowest BCUT2D eigenvalue weighted by Crippen LogP contribution is -2.23. The molecule has 75 heavy (non-hydrogen) atoms. The summed E-state index contributed by atoms with van der Waals surface area (Å²) >= 11 is 33.3. The van der Waals surface area contributed by atoms with E-state index in [2.05, 4.69) is 40.2 Å². The number of rotatable bonds is 7. The highest BCUT2D eigenvalue weighted by molar-refractivity contribution is 7.86. The minimum absolute atomic E-state index is 0.0478. The van der Waals surface area contributed by atoms with Gasteiger partial charge in [-0.15, -0.1) is 0 Å². The Morgan fingerprint density at radius 2 is 1.19 bits per heavy atom. The SMILES string of the molecule is Cc1ccc2c(c1S(=O)(=O)O)Oc1c(Cl)c3c(c(Cl)c1=N2)Oc1c(ccc(Cc2nc(Cl)nc(N=c4ccc5nc6c(Cl)c7c(c(Cl)c6oc-5c4S(=O)(=O)O)Nc4ccc(N)c(S(=O)(=O)O)c4O7)n2)c1S(=O)(=O)O)N=3. The molecule has 0 atom stereocenters. The maximum absolute atomic E-state index is 13.2. The van der Waals surface area contributed by atoms with Gasteiger partial charge in [-0.2, -0.15) is 43.6 Å². The molecule has 0 radical (unpaired) electrons. The van der Waals surface area contributed by atoms with Crippen molar-refractivity contribution in [3.8, 4) is 46.0 Å². The molecule has 0 spiro atoms. The maximum atomic E-state index is 13.2. The molecule has 0 amide bonds. The zero-order valence-corrected chi connectivity index (χ0v) is 43.3. The summed E-state index contributed by atoms with van der Waals surface area (Å²) < 4.78 is 167. The molecule has 4 aliphatic heterocycles. The highest BCUT2D eigenvalue weighted by Crippen LogP contribution is 2.55. The Labute approximate surface area is 443 Å². The predicted molar refractivity (Wildman–Crippen MR) is 263 cm³/mol. The minimum atomic E-state index is -5.33. The van der Waals surface area contributed by atoms with Gasteiger partial charge in [0.15, 0.2) is 55.6 Å². The van der Waals surface area contributed by atoms with Gasteiger partial charge in [0.05, 0.1) is 16.7 Å². The van der Waals surface area contributed by atoms with E-state index in [1.807, 2.05) is 0 Å². The van der Waals surface area contributed by atoms with E-state index in [1.165, 1.54) is 43.3 Å². The highest BCUT2D eigenvalue weighted by atomic mass is 35.5. The van der Waals surface area contributed by atoms with Crippen molar-refractivity contribution in [3.63, 3.8) is 0 Å². The van der Waals surface area contributed by atoms with Crippen molar-refractivity contribution in [2.75, 3.05) is 11.1 Å². The second-order valence-corrected chi connectivity index (χ2v) is 23.2. The van der Waals surface area contributed by atoms with Crippen molar-refractivity contribution in [2.45, 2.75) is 32.9 Å². The Bertz CT molecular complexity index is 4690. The summed E-state index contributed by atoms with van der Waals surface area (Å²) in [5, 5.41) is -0.0516. The van der Waals surface area contributed by atoms with Gasteiger partial charge in [0.1, 0.15) is 74.7 Å². The van der Waals surface area contributed by atoms with Crippen LogP contribution in [0, 0.1) is 6.92 Å². The van der Waals surface area contributed by atoms with Crippen LogP contribution in [0.1, 0.15) is 17.0 Å². The smallest absolute Gasteiger partial charge is 0.300 e. The monoisotopic (exact) mass is 1200 g/mol. The fraction of sp³-hybridized carbons (Fsp3) is 0.0488. The van der Waals surface area contributed by atoms with E-state index in [0.717, 1.165) is 12.1 Å². The molecular weight excluding hydrogens is 1180 g/mol. The van der Waals surface area contributed by atoms with Crippen LogP contribution in [0.25, 0.3) is 22.6 Å². The fourth-order valence-electron chi connectivity index (χ4n) is 8.20. The number of benzene rings is 6. The molecule has 0 bridgehead atoms. The summed E-state index contributed by atoms with van der Waals surface area (Å²) in [4.78, 5) is 26.3. The number of nitrogens with zero attached hydrogens (tertiary/aromatic N) is 7. The first-order valence-electron chi connectivity index (χ1n) is 20.2. The van der Waals surface area contributed by atoms with E-state index in [9.17, 15) is 51.9 Å². The molecule has 5 aliphatic rings. The number of hydrogen-bond acceptors (Lipinski definition) is 21. The van der Waals surface area contributed by atoms with E-state index in [4.69, 9.17) is 82.4 Å². The molecule has 0 fully saturated rings. The van der Waals surface area contributed by atoms with Gasteiger partial charge in [0, 0.05) is 6.42 Å². The standard InChI is InChI=1S/C41H20Cl5N9O16S4/c1-11-2-5-14-28(36(11)72(56,57)58)68-32-20(42)25-33(21(43)24(32)48-14)69-29-15(49-25)6-3-12(37(29)73(59,60)61)10-19-53-40(46)55-41(54-19)52-18-9-8-17-31(39(18)75(65,66)67)71-35-23(45)26-34(22(44)27(35)51-17)70-30-16(50-26)7-4-13(47)38(30)74(62,63)64/h2-9,50H,10,47H2,1H3,(H,56,57,58)(H,59,60,61)(H,62,63,64)(H,65,66,67). The molecule has 1 aliphatic carbocycles. The molecule has 0 saturated heterocycles. The summed E-state index contributed by atoms with van der Waals surface area (Å²) in [6.07, 6.45) is -0.581. The average molecular weight is 1200 g/mol. The van der Waals surface area contributed by atoms with E-state index >= 15 is 0 Å². The van der Waals surface area contributed by atoms with Gasteiger partial charge in [-0.3, -0.25) is 18.2 Å². The average Bonchev–Trinajstić information content (AvgIpc) is 3.31. The van der Waals surface area contributed by atoms with Crippen molar-refractivity contribution in [1.29, 1.82) is 0 Å². The number of ether oxygens (including phenoxy) is 3. The van der Waals surface area contributed by atoms with Crippen LogP contribution in [0.3, 0.4) is 0 Å². The Balaban J connectivity index is 0.992. The largest absolute Gasteiger partial charge is 0.450 e. The number of aromatic nitrogens is 4. The van der Waals surface area contributed by atoms with E-state index < -0.39 is 100 Å². The molecule has 25 nitrogen and oxygen atoms in total. The van der Waals surface area contributed by atoms with Crippen LogP contribution in [0.4, 0.5) is 34.4 Å². The van der Waals surface area contributed by atoms with Crippen LogP contribution in [0.5, 0.6) is 34.5 Å². The lowest BCUT2D eigenvalue weighted by molar-refractivity contribution is 0.426. The third kappa shape index (κ3) is 8.39. The molecule has 7 N–H and O–H groups in total. The summed E-state index contributed by atoms with van der Waals surface area (Å²) in [7, 11) is -20.4. The number of nitrogen functional groups attached to an aromatic ring is 1. The minimum Gasteiger partial charge on any atom is -0.450 e. The molecule has 0 unspecified atom stereocenters. The molecule has 34 heteroatoms. The summed E-state index contributed by atoms with van der Waals surface area (Å²) in [5.74, 6) is -3.85. The molecule has 11 rings (SSSR count). The normalized spacial score (nSPS) is 13.9. The van der Waals surface area contributed by atoms with Gasteiger partial charge in [-0.1, -0.05) is 58.5 Å². The van der Waals surface area contributed by atoms with Crippen molar-refractivity contribution in [1.82, 2.24) is 19.9 Å². The Morgan fingerprint density at radius 3 is 1.80 bits per heavy atom. The summed E-state index contributed by atoms with van der Waals surface area (Å²) in [6, 6.07) is 9.92. The lowest BCUT2D eigenvalue weighted by Gasteiger charge is -2.26. The number of aryl methyl sites for hydroxylation is 1. The van der Waals surface area contributed by atoms with Gasteiger partial charge in [-0.25, -0.2) is 24.9 Å². The fourth-order valence-corrected chi connectivity index (χ4v) is 12.6. The van der Waals surface area contributed by atoms with Crippen LogP contribution in [-0.4, -0.2) is 71.8 Å². The highest BCUT2D eigenvalue weighted by Gasteiger charge is 2.37. The summed E-state index contributed by atoms with van der Waals surface area (Å²) in [6.45, 7) is 1.41. The molecule has 384 valence electrons. The topological polar surface area (TPSA) is 385 Å². The number of halogens is 5. The van der Waals surface area contributed by atoms with Gasteiger partial charge in [0.2, 0.25) is 5.28 Å². The first-order valence-corrected chi connectivity index (χ1v) is 27.9. The number of anilines is 3. The van der Waals surface area contributed by atoms with Crippen molar-refractivity contribution in [2.24, 2.45) is 15.0 Å². The van der Waals surface area contributed by atoms with Crippen LogP contribution >= 0.6 is 58.0 Å². The Kier molecular flexibility index (Phi) is 11.6. The quantitative estimate of drug-likeness (QED) is 0.0499. The third-order valence-electron chi connectivity index (χ3n) is 11.2. The van der Waals surface area contributed by atoms with Crippen LogP contribution in [0.2, 0.25) is 25.4 Å². The van der Waals surface area contributed by atoms with Crippen molar-refractivity contribution in [3.05, 3.63) is 107 Å². The molecule has 0 saturated carbocycles. The first kappa shape index (κ1) is 50.6. The van der Waals surface area contributed by atoms with Crippen LogP contribution in [-0.2, 0) is 46.9 Å². The van der Waals surface area contributed by atoms with Gasteiger partial charge >= 0.3 is 10.1 Å². The van der Waals surface area contributed by atoms with E-state index in [1.54, 1.807) is 0 Å². The second-order valence-electron chi connectivity index (χ2n) is 16.0. The number of nitrogens with two attached hydrogens (primary N) is 1. The number of fused-ring (bicyclic) bond motifs is 8. The van der Waals surface area contributed by atoms with Gasteiger partial charge in [0.25, 0.3) is 36.3 Å². The third-order valence-corrected chi connectivity index (χ3v) is 16.6. The Hall–Kier alpha value is -6.58. The van der Waals surface area contributed by atoms with Gasteiger partial charge < -0.3 is 29.7 Å². The van der Waals surface area contributed by atoms with Crippen molar-refractivity contribution < 1.29 is 70.5 Å². The van der Waals surface area contributed by atoms with Crippen molar-refractivity contribution >= 4 is 144 Å². The Morgan fingerprint density at radius 1 is 0.600 bits per heavy atom. The zero-order chi connectivity index (χ0) is 53.7. The lowest BCUT2D eigenvalue weighted by atomic mass is 10.1. The zero-order valence-electron chi connectivity index (χ0n) is 36.2. The molecular formula is C41H20Cl5N9O16S4. The molecule has 5 heterocycles. The predicted octanol–water partition coefficient (Wildman–Crippen LogP) is 8.05. The summed E-state index contributed by atoms with van der Waals surface area (Å²) in [5.41, 5.74) is 3.99. The van der Waals surface area contributed by atoms with Crippen LogP contribution < -0.4 is 41.3 Å². The molecule has 5 aromatic carbocycles. The first-order chi connectivity index (χ1) is 35.1. The second kappa shape index (κ2) is 17.2. The molecule has 1 aromatic heterocycles. The number of hydrogen-bond donors (Lipinski definition) is 6. The van der Waals surface area contributed by atoms with Crippen LogP contribution in [0.15, 0.2) is 87.5 Å².